The fourth-order valence-corrected chi connectivity index (χ4v) is 4.27. The van der Waals surface area contributed by atoms with E-state index in [4.69, 9.17) is 0 Å². The molecule has 1 saturated carbocycles. The van der Waals surface area contributed by atoms with Gasteiger partial charge in [-0.05, 0) is 75.6 Å². The molecule has 1 saturated heterocycles. The van der Waals surface area contributed by atoms with Gasteiger partial charge in [0.2, 0.25) is 0 Å². The standard InChI is InChI=1S/C21H32N2O2/c1-22(20-10-8-17(16-24)9-11-20)15-18-6-5-7-19(14-18)21(25)23-12-3-2-4-13-23/h5-7,14,17,20,24H,2-4,8-13,15-16H2,1H3. The van der Waals surface area contributed by atoms with Gasteiger partial charge in [0.25, 0.3) is 5.91 Å². The van der Waals surface area contributed by atoms with E-state index in [0.717, 1.165) is 63.7 Å². The van der Waals surface area contributed by atoms with Crippen molar-refractivity contribution >= 4 is 5.91 Å². The van der Waals surface area contributed by atoms with Crippen molar-refractivity contribution < 1.29 is 9.90 Å². The van der Waals surface area contributed by atoms with Gasteiger partial charge in [-0.2, -0.15) is 0 Å². The number of rotatable bonds is 5. The smallest absolute Gasteiger partial charge is 0.253 e. The van der Waals surface area contributed by atoms with Crippen LogP contribution in [0.2, 0.25) is 0 Å². The van der Waals surface area contributed by atoms with Crippen LogP contribution in [0, 0.1) is 5.92 Å². The monoisotopic (exact) mass is 344 g/mol. The van der Waals surface area contributed by atoms with Gasteiger partial charge in [-0.25, -0.2) is 0 Å². The van der Waals surface area contributed by atoms with E-state index in [1.807, 2.05) is 17.0 Å². The molecular formula is C21H32N2O2. The molecule has 0 atom stereocenters. The zero-order chi connectivity index (χ0) is 17.6. The molecule has 1 aromatic carbocycles. The van der Waals surface area contributed by atoms with Crippen LogP contribution in [0.15, 0.2) is 24.3 Å². The van der Waals surface area contributed by atoms with Crippen molar-refractivity contribution in [3.8, 4) is 0 Å². The van der Waals surface area contributed by atoms with Crippen molar-refractivity contribution in [2.24, 2.45) is 5.92 Å². The fourth-order valence-electron chi connectivity index (χ4n) is 4.27. The number of nitrogens with zero attached hydrogens (tertiary/aromatic N) is 2. The van der Waals surface area contributed by atoms with Gasteiger partial charge in [-0.3, -0.25) is 9.69 Å². The summed E-state index contributed by atoms with van der Waals surface area (Å²) in [5.74, 6) is 0.683. The van der Waals surface area contributed by atoms with E-state index in [1.165, 1.54) is 12.0 Å². The largest absolute Gasteiger partial charge is 0.396 e. The van der Waals surface area contributed by atoms with Crippen LogP contribution in [0.5, 0.6) is 0 Å². The minimum atomic E-state index is 0.188. The highest BCUT2D eigenvalue weighted by Gasteiger charge is 2.24. The maximum atomic E-state index is 12.7. The van der Waals surface area contributed by atoms with Gasteiger partial charge in [0.05, 0.1) is 0 Å². The van der Waals surface area contributed by atoms with Crippen LogP contribution in [0.4, 0.5) is 0 Å². The molecule has 1 heterocycles. The zero-order valence-electron chi connectivity index (χ0n) is 15.5. The molecule has 1 amide bonds. The van der Waals surface area contributed by atoms with Gasteiger partial charge >= 0.3 is 0 Å². The summed E-state index contributed by atoms with van der Waals surface area (Å²) in [4.78, 5) is 17.1. The number of hydrogen-bond acceptors (Lipinski definition) is 3. The third-order valence-electron chi connectivity index (χ3n) is 5.95. The molecule has 0 unspecified atom stereocenters. The van der Waals surface area contributed by atoms with Crippen LogP contribution in [-0.2, 0) is 6.54 Å². The minimum Gasteiger partial charge on any atom is -0.396 e. The maximum absolute atomic E-state index is 12.7. The first-order valence-electron chi connectivity index (χ1n) is 9.86. The second-order valence-corrected chi connectivity index (χ2v) is 7.83. The Bertz CT molecular complexity index is 561. The molecule has 0 aromatic heterocycles. The van der Waals surface area contributed by atoms with Crippen molar-refractivity contribution in [2.75, 3.05) is 26.7 Å². The molecule has 1 aliphatic heterocycles. The first kappa shape index (κ1) is 18.4. The molecule has 1 aromatic rings. The molecule has 1 aliphatic carbocycles. The summed E-state index contributed by atoms with van der Waals surface area (Å²) in [5.41, 5.74) is 2.05. The number of hydrogen-bond donors (Lipinski definition) is 1. The van der Waals surface area contributed by atoms with E-state index in [-0.39, 0.29) is 5.91 Å². The van der Waals surface area contributed by atoms with Crippen LogP contribution in [0.3, 0.4) is 0 Å². The average molecular weight is 344 g/mol. The van der Waals surface area contributed by atoms with Crippen molar-refractivity contribution in [1.29, 1.82) is 0 Å². The Balaban J connectivity index is 1.58. The van der Waals surface area contributed by atoms with Crippen molar-refractivity contribution in [3.05, 3.63) is 35.4 Å². The number of likely N-dealkylation sites (tertiary alicyclic amines) is 1. The van der Waals surface area contributed by atoms with Crippen LogP contribution >= 0.6 is 0 Å². The Morgan fingerprint density at radius 3 is 2.56 bits per heavy atom. The molecule has 0 bridgehead atoms. The van der Waals surface area contributed by atoms with Crippen LogP contribution in [-0.4, -0.2) is 53.6 Å². The summed E-state index contributed by atoms with van der Waals surface area (Å²) < 4.78 is 0. The molecule has 0 spiro atoms. The molecule has 1 N–H and O–H groups in total. The summed E-state index contributed by atoms with van der Waals surface area (Å²) in [6.45, 7) is 3.01. The SMILES string of the molecule is CN(Cc1cccc(C(=O)N2CCCCC2)c1)C1CCC(CO)CC1. The van der Waals surface area contributed by atoms with E-state index in [2.05, 4.69) is 24.1 Å². The molecule has 4 heteroatoms. The predicted octanol–water partition coefficient (Wildman–Crippen LogP) is 3.30. The second kappa shape index (κ2) is 8.81. The number of carbonyl (C=O) groups is 1. The molecule has 25 heavy (non-hydrogen) atoms. The quantitative estimate of drug-likeness (QED) is 0.891. The molecule has 2 aliphatic rings. The van der Waals surface area contributed by atoms with Gasteiger partial charge in [0, 0.05) is 37.8 Å². The zero-order valence-corrected chi connectivity index (χ0v) is 15.5. The maximum Gasteiger partial charge on any atom is 0.253 e. The molecule has 4 nitrogen and oxygen atoms in total. The normalized spacial score (nSPS) is 24.5. The molecule has 0 radical (unpaired) electrons. The molecule has 138 valence electrons. The number of aliphatic hydroxyl groups excluding tert-OH is 1. The Labute approximate surface area is 151 Å². The van der Waals surface area contributed by atoms with Crippen molar-refractivity contribution in [1.82, 2.24) is 9.80 Å². The summed E-state index contributed by atoms with van der Waals surface area (Å²) in [6.07, 6.45) is 8.07. The number of piperidine rings is 1. The Hall–Kier alpha value is -1.39. The number of benzene rings is 1. The van der Waals surface area contributed by atoms with E-state index in [0.29, 0.717) is 18.6 Å². The minimum absolute atomic E-state index is 0.188. The first-order valence-corrected chi connectivity index (χ1v) is 9.86. The fraction of sp³-hybridized carbons (Fsp3) is 0.667. The first-order chi connectivity index (χ1) is 12.2. The highest BCUT2D eigenvalue weighted by atomic mass is 16.3. The number of aliphatic hydroxyl groups is 1. The molecule has 3 rings (SSSR count). The third kappa shape index (κ3) is 4.83. The number of carbonyl (C=O) groups excluding carboxylic acids is 1. The molecular weight excluding hydrogens is 312 g/mol. The van der Waals surface area contributed by atoms with Crippen LogP contribution < -0.4 is 0 Å². The lowest BCUT2D eigenvalue weighted by molar-refractivity contribution is 0.0724. The van der Waals surface area contributed by atoms with Gasteiger partial charge in [0.15, 0.2) is 0 Å². The van der Waals surface area contributed by atoms with Crippen molar-refractivity contribution in [2.45, 2.75) is 57.5 Å². The van der Waals surface area contributed by atoms with E-state index >= 15 is 0 Å². The van der Waals surface area contributed by atoms with Gasteiger partial charge in [0.1, 0.15) is 0 Å². The van der Waals surface area contributed by atoms with Gasteiger partial charge in [-0.15, -0.1) is 0 Å². The summed E-state index contributed by atoms with van der Waals surface area (Å²) >= 11 is 0. The summed E-state index contributed by atoms with van der Waals surface area (Å²) in [6, 6.07) is 8.76. The highest BCUT2D eigenvalue weighted by molar-refractivity contribution is 5.94. The lowest BCUT2D eigenvalue weighted by Crippen LogP contribution is -2.36. The lowest BCUT2D eigenvalue weighted by Gasteiger charge is -2.34. The average Bonchev–Trinajstić information content (AvgIpc) is 2.68. The highest BCUT2D eigenvalue weighted by Crippen LogP contribution is 2.27. The second-order valence-electron chi connectivity index (χ2n) is 7.83. The molecule has 2 fully saturated rings. The summed E-state index contributed by atoms with van der Waals surface area (Å²) in [5, 5.41) is 9.29. The Morgan fingerprint density at radius 1 is 1.16 bits per heavy atom. The third-order valence-corrected chi connectivity index (χ3v) is 5.95. The lowest BCUT2D eigenvalue weighted by atomic mass is 9.86. The Morgan fingerprint density at radius 2 is 1.88 bits per heavy atom. The topological polar surface area (TPSA) is 43.8 Å². The number of amides is 1. The van der Waals surface area contributed by atoms with E-state index < -0.39 is 0 Å². The van der Waals surface area contributed by atoms with E-state index in [9.17, 15) is 9.90 Å². The van der Waals surface area contributed by atoms with E-state index in [1.54, 1.807) is 0 Å². The predicted molar refractivity (Wildman–Crippen MR) is 100 cm³/mol. The van der Waals surface area contributed by atoms with Crippen LogP contribution in [0.1, 0.15) is 60.9 Å². The van der Waals surface area contributed by atoms with Crippen molar-refractivity contribution in [3.63, 3.8) is 0 Å². The van der Waals surface area contributed by atoms with Gasteiger partial charge in [-0.1, -0.05) is 12.1 Å². The summed E-state index contributed by atoms with van der Waals surface area (Å²) in [7, 11) is 2.18. The van der Waals surface area contributed by atoms with Crippen LogP contribution in [0.25, 0.3) is 0 Å². The van der Waals surface area contributed by atoms with Gasteiger partial charge < -0.3 is 10.0 Å². The Kier molecular flexibility index (Phi) is 6.49.